The van der Waals surface area contributed by atoms with Crippen LogP contribution in [0.3, 0.4) is 0 Å². The summed E-state index contributed by atoms with van der Waals surface area (Å²) in [4.78, 5) is 8.00. The van der Waals surface area contributed by atoms with Gasteiger partial charge in [-0.15, -0.1) is 11.8 Å². The van der Waals surface area contributed by atoms with Gasteiger partial charge in [0.15, 0.2) is 0 Å². The van der Waals surface area contributed by atoms with Gasteiger partial charge in [0.25, 0.3) is 0 Å². The van der Waals surface area contributed by atoms with E-state index in [4.69, 9.17) is 10.5 Å². The third kappa shape index (κ3) is 2.16. The summed E-state index contributed by atoms with van der Waals surface area (Å²) >= 11 is 1.72. The molecular weight excluding hydrogens is 198 g/mol. The van der Waals surface area contributed by atoms with Crippen LogP contribution in [0.15, 0.2) is 17.3 Å². The molecule has 2 heterocycles. The molecule has 2 unspecified atom stereocenters. The molecule has 1 aromatic heterocycles. The molecule has 2 N–H and O–H groups in total. The fourth-order valence-electron chi connectivity index (χ4n) is 1.44. The van der Waals surface area contributed by atoms with E-state index in [-0.39, 0.29) is 0 Å². The van der Waals surface area contributed by atoms with Crippen molar-refractivity contribution in [1.29, 1.82) is 0 Å². The zero-order valence-electron chi connectivity index (χ0n) is 8.01. The summed E-state index contributed by atoms with van der Waals surface area (Å²) in [5.41, 5.74) is 5.50. The third-order valence-electron chi connectivity index (χ3n) is 2.23. The van der Waals surface area contributed by atoms with Crippen LogP contribution in [-0.4, -0.2) is 27.9 Å². The number of ether oxygens (including phenoxy) is 1. The zero-order chi connectivity index (χ0) is 9.97. The van der Waals surface area contributed by atoms with Crippen LogP contribution in [0.2, 0.25) is 0 Å². The first kappa shape index (κ1) is 9.73. The summed E-state index contributed by atoms with van der Waals surface area (Å²) in [6, 6.07) is 1.88. The second kappa shape index (κ2) is 4.14. The van der Waals surface area contributed by atoms with Crippen LogP contribution in [0.25, 0.3) is 0 Å². The molecular formula is C9H13N3OS. The number of nitrogens with zero attached hydrogens (tertiary/aromatic N) is 2. The Morgan fingerprint density at radius 1 is 1.64 bits per heavy atom. The van der Waals surface area contributed by atoms with Crippen LogP contribution < -0.4 is 5.73 Å². The first-order valence-corrected chi connectivity index (χ1v) is 5.50. The van der Waals surface area contributed by atoms with E-state index < -0.39 is 0 Å². The Morgan fingerprint density at radius 2 is 2.50 bits per heavy atom. The topological polar surface area (TPSA) is 61.0 Å². The fourth-order valence-corrected chi connectivity index (χ4v) is 2.52. The predicted molar refractivity (Wildman–Crippen MR) is 56.1 cm³/mol. The normalized spacial score (nSPS) is 26.6. The van der Waals surface area contributed by atoms with Crippen LogP contribution in [0.4, 0.5) is 5.95 Å². The number of thioether (sulfide) groups is 1. The minimum atomic E-state index is 0.302. The van der Waals surface area contributed by atoms with Gasteiger partial charge in [-0.1, -0.05) is 0 Å². The summed E-state index contributed by atoms with van der Waals surface area (Å²) in [7, 11) is 0. The Balaban J connectivity index is 2.03. The molecule has 1 fully saturated rings. The van der Waals surface area contributed by atoms with Gasteiger partial charge in [-0.05, 0) is 19.4 Å². The lowest BCUT2D eigenvalue weighted by Crippen LogP contribution is -2.13. The van der Waals surface area contributed by atoms with E-state index in [0.29, 0.717) is 17.3 Å². The molecule has 0 saturated carbocycles. The van der Waals surface area contributed by atoms with E-state index in [9.17, 15) is 0 Å². The first-order valence-electron chi connectivity index (χ1n) is 4.62. The fraction of sp³-hybridized carbons (Fsp3) is 0.556. The smallest absolute Gasteiger partial charge is 0.221 e. The summed E-state index contributed by atoms with van der Waals surface area (Å²) in [6.45, 7) is 2.94. The molecule has 0 bridgehead atoms. The largest absolute Gasteiger partial charge is 0.377 e. The lowest BCUT2D eigenvalue weighted by molar-refractivity contribution is 0.127. The molecule has 5 heteroatoms. The van der Waals surface area contributed by atoms with Crippen LogP contribution >= 0.6 is 11.8 Å². The van der Waals surface area contributed by atoms with Gasteiger partial charge in [-0.25, -0.2) is 9.97 Å². The van der Waals surface area contributed by atoms with Crippen molar-refractivity contribution in [2.45, 2.75) is 29.7 Å². The summed E-state index contributed by atoms with van der Waals surface area (Å²) in [5.74, 6) is 0.335. The van der Waals surface area contributed by atoms with Gasteiger partial charge in [0.05, 0.1) is 6.10 Å². The molecule has 1 aliphatic heterocycles. The second-order valence-corrected chi connectivity index (χ2v) is 4.53. The molecule has 2 rings (SSSR count). The summed E-state index contributed by atoms with van der Waals surface area (Å²) in [6.07, 6.45) is 3.07. The highest BCUT2D eigenvalue weighted by Gasteiger charge is 2.25. The van der Waals surface area contributed by atoms with Crippen LogP contribution in [0, 0.1) is 0 Å². The van der Waals surface area contributed by atoms with Crippen molar-refractivity contribution in [3.8, 4) is 0 Å². The molecule has 0 aromatic carbocycles. The van der Waals surface area contributed by atoms with Gasteiger partial charge in [0.1, 0.15) is 5.03 Å². The van der Waals surface area contributed by atoms with Gasteiger partial charge in [-0.3, -0.25) is 0 Å². The molecule has 1 saturated heterocycles. The number of rotatable bonds is 2. The number of hydrogen-bond acceptors (Lipinski definition) is 5. The van der Waals surface area contributed by atoms with Gasteiger partial charge < -0.3 is 10.5 Å². The molecule has 0 spiro atoms. The average Bonchev–Trinajstić information content (AvgIpc) is 2.52. The molecule has 4 nitrogen and oxygen atoms in total. The van der Waals surface area contributed by atoms with Crippen molar-refractivity contribution >= 4 is 17.7 Å². The first-order chi connectivity index (χ1) is 6.75. The van der Waals surface area contributed by atoms with Crippen molar-refractivity contribution in [1.82, 2.24) is 9.97 Å². The van der Waals surface area contributed by atoms with Crippen molar-refractivity contribution in [2.24, 2.45) is 0 Å². The van der Waals surface area contributed by atoms with Crippen molar-refractivity contribution in [3.63, 3.8) is 0 Å². The maximum Gasteiger partial charge on any atom is 0.221 e. The summed E-state index contributed by atoms with van der Waals surface area (Å²) in [5, 5.41) is 1.42. The van der Waals surface area contributed by atoms with E-state index in [2.05, 4.69) is 16.9 Å². The molecule has 0 radical (unpaired) electrons. The quantitative estimate of drug-likeness (QED) is 0.748. The highest BCUT2D eigenvalue weighted by atomic mass is 32.2. The van der Waals surface area contributed by atoms with E-state index in [1.54, 1.807) is 18.0 Å². The van der Waals surface area contributed by atoms with Gasteiger partial charge in [0.2, 0.25) is 5.95 Å². The maximum atomic E-state index is 5.50. The van der Waals surface area contributed by atoms with Crippen LogP contribution in [0.5, 0.6) is 0 Å². The highest BCUT2D eigenvalue weighted by molar-refractivity contribution is 7.99. The molecule has 76 valence electrons. The Morgan fingerprint density at radius 3 is 3.14 bits per heavy atom. The Hall–Kier alpha value is -0.810. The van der Waals surface area contributed by atoms with Gasteiger partial charge in [0, 0.05) is 18.1 Å². The minimum Gasteiger partial charge on any atom is -0.377 e. The van der Waals surface area contributed by atoms with Crippen molar-refractivity contribution in [3.05, 3.63) is 12.3 Å². The molecule has 1 aromatic rings. The van der Waals surface area contributed by atoms with E-state index >= 15 is 0 Å². The van der Waals surface area contributed by atoms with Crippen molar-refractivity contribution < 1.29 is 4.74 Å². The number of nitrogen functional groups attached to an aromatic ring is 1. The second-order valence-electron chi connectivity index (χ2n) is 3.27. The molecule has 1 aliphatic rings. The molecule has 2 atom stereocenters. The Labute approximate surface area is 87.3 Å². The number of aromatic nitrogens is 2. The SMILES string of the molecule is CC1OCCC1Sc1ccnc(N)n1. The van der Waals surface area contributed by atoms with Crippen LogP contribution in [0.1, 0.15) is 13.3 Å². The van der Waals surface area contributed by atoms with Gasteiger partial charge >= 0.3 is 0 Å². The lowest BCUT2D eigenvalue weighted by Gasteiger charge is -2.12. The third-order valence-corrected chi connectivity index (χ3v) is 3.62. The lowest BCUT2D eigenvalue weighted by atomic mass is 10.3. The maximum absolute atomic E-state index is 5.50. The van der Waals surface area contributed by atoms with Gasteiger partial charge in [-0.2, -0.15) is 0 Å². The van der Waals surface area contributed by atoms with E-state index in [1.807, 2.05) is 6.07 Å². The van der Waals surface area contributed by atoms with E-state index in [1.165, 1.54) is 0 Å². The monoisotopic (exact) mass is 211 g/mol. The molecule has 0 aliphatic carbocycles. The predicted octanol–water partition coefficient (Wildman–Crippen LogP) is 1.33. The summed E-state index contributed by atoms with van der Waals surface area (Å²) < 4.78 is 5.47. The average molecular weight is 211 g/mol. The Bertz CT molecular complexity index is 321. The number of nitrogens with two attached hydrogens (primary N) is 1. The highest BCUT2D eigenvalue weighted by Crippen LogP contribution is 2.31. The number of anilines is 1. The standard InChI is InChI=1S/C9H13N3OS/c1-6-7(3-5-13-6)14-8-2-4-11-9(10)12-8/h2,4,6-7H,3,5H2,1H3,(H2,10,11,12). The Kier molecular flexibility index (Phi) is 2.88. The minimum absolute atomic E-state index is 0.302. The van der Waals surface area contributed by atoms with Crippen molar-refractivity contribution in [2.75, 3.05) is 12.3 Å². The molecule has 14 heavy (non-hydrogen) atoms. The van der Waals surface area contributed by atoms with Crippen LogP contribution in [-0.2, 0) is 4.74 Å². The number of hydrogen-bond donors (Lipinski definition) is 1. The van der Waals surface area contributed by atoms with E-state index in [0.717, 1.165) is 18.1 Å². The zero-order valence-corrected chi connectivity index (χ0v) is 8.83. The molecule has 0 amide bonds.